The molecule has 0 N–H and O–H groups in total. The van der Waals surface area contributed by atoms with Gasteiger partial charge in [-0.2, -0.15) is 0 Å². The van der Waals surface area contributed by atoms with Crippen LogP contribution in [0.5, 0.6) is 0 Å². The Labute approximate surface area is 599 Å². The van der Waals surface area contributed by atoms with Crippen LogP contribution in [0.3, 0.4) is 0 Å². The molecular formula is C98H78N2O4. The summed E-state index contributed by atoms with van der Waals surface area (Å²) >= 11 is 0. The Hall–Kier alpha value is -11.1. The summed E-state index contributed by atoms with van der Waals surface area (Å²) in [7, 11) is 0. The quantitative estimate of drug-likeness (QED) is 0.0487. The standard InChI is InChI=1S/C98H78N2O4/c1-5-9-13-23-63(24-14-10-6-2)99-95(101)73-49-69-67-47-45-61-43-41-59-39-37-57-35-33-55-31-29-53-21-17-19-27-65(53)77(55)79(57)81(59)83(61)85(67)71-51-75-88-76(98(104)100(97(75)103)64(25-15-11-7-3)26-16-12-8-4)52-72-86-68(70-50-74(96(99)102)87(73)93-89(69)91(71)94(88)92(72)90(70)93)48-46-62-44-42-60-40-38-58-36-34-56-32-30-54-22-18-20-28-66(54)78(56)80(58)82(60)84(62)86/h17-22,27-52,63-64H,5-16,23-26H2,1-4H3. The van der Waals surface area contributed by atoms with E-state index in [9.17, 15) is 0 Å². The molecule has 6 heteroatoms. The van der Waals surface area contributed by atoms with Crippen molar-refractivity contribution < 1.29 is 0 Å². The SMILES string of the molecule is CCCCCC(CCCCC)n1c(=O)c2cc3c4ccc5ccc6ccc7ccc8ccc9ccccc9c8c7c6c5c4c4cc5c(=O)n(C(CCCCC)CCCCC)c(=O)c6cc7c8c(ccc9ccc%10ccc%11ccc%12ccc%13ccccc%13c%12c%11c%10c98)c8cc(c1=O)c2c1c3c4c(c56)c7c81. The van der Waals surface area contributed by atoms with Gasteiger partial charge >= 0.3 is 0 Å². The Morgan fingerprint density at radius 2 is 0.442 bits per heavy atom. The van der Waals surface area contributed by atoms with Crippen LogP contribution in [0.2, 0.25) is 0 Å². The van der Waals surface area contributed by atoms with Gasteiger partial charge in [-0.25, -0.2) is 0 Å². The molecule has 2 aromatic heterocycles. The number of unbranched alkanes of at least 4 members (excludes halogenated alkanes) is 8. The lowest BCUT2D eigenvalue weighted by molar-refractivity contribution is 0.387. The molecule has 0 amide bonds. The highest BCUT2D eigenvalue weighted by molar-refractivity contribution is 6.57. The first-order valence-electron chi connectivity index (χ1n) is 38.8. The molecule has 504 valence electrons. The smallest absolute Gasteiger partial charge is 0.261 e. The summed E-state index contributed by atoms with van der Waals surface area (Å²) in [5.41, 5.74) is -0.929. The average Bonchev–Trinajstić information content (AvgIpc) is 0.649. The second-order valence-corrected chi connectivity index (χ2v) is 30.9. The third kappa shape index (κ3) is 8.34. The number of fused-ring (bicyclic) bond motifs is 26. The summed E-state index contributed by atoms with van der Waals surface area (Å²) in [5, 5.41) is 39.7. The Morgan fingerprint density at radius 3 is 0.760 bits per heavy atom. The lowest BCUT2D eigenvalue weighted by atomic mass is 9.76. The van der Waals surface area contributed by atoms with Crippen molar-refractivity contribution in [1.29, 1.82) is 0 Å². The predicted molar refractivity (Wildman–Crippen MR) is 448 cm³/mol. The highest BCUT2D eigenvalue weighted by Crippen LogP contribution is 2.58. The molecule has 0 radical (unpaired) electrons. The molecule has 104 heavy (non-hydrogen) atoms. The Balaban J connectivity index is 1.07. The number of hydrogen-bond acceptors (Lipinski definition) is 4. The molecule has 2 heterocycles. The number of nitrogens with zero attached hydrogens (tertiary/aromatic N) is 2. The first-order valence-corrected chi connectivity index (χ1v) is 38.8. The number of benzene rings is 19. The van der Waals surface area contributed by atoms with Gasteiger partial charge in [0.1, 0.15) is 0 Å². The minimum Gasteiger partial charge on any atom is -0.271 e. The molecule has 0 atom stereocenters. The molecule has 0 spiro atoms. The fourth-order valence-electron chi connectivity index (χ4n) is 20.6. The van der Waals surface area contributed by atoms with Gasteiger partial charge in [0, 0.05) is 55.2 Å². The van der Waals surface area contributed by atoms with E-state index >= 15 is 19.2 Å². The Morgan fingerprint density at radius 1 is 0.202 bits per heavy atom. The van der Waals surface area contributed by atoms with E-state index in [1.165, 1.54) is 43.1 Å². The maximum Gasteiger partial charge on any atom is 0.261 e. The maximum absolute atomic E-state index is 16.9. The molecular weight excluding hydrogens is 1270 g/mol. The molecule has 0 aliphatic rings. The monoisotopic (exact) mass is 1350 g/mol. The minimum atomic E-state index is -0.308. The zero-order valence-corrected chi connectivity index (χ0v) is 59.5. The summed E-state index contributed by atoms with van der Waals surface area (Å²) in [6.45, 7) is 8.89. The van der Waals surface area contributed by atoms with Crippen LogP contribution in [-0.4, -0.2) is 9.13 Å². The van der Waals surface area contributed by atoms with E-state index in [0.29, 0.717) is 32.3 Å². The van der Waals surface area contributed by atoms with Crippen molar-refractivity contribution in [3.63, 3.8) is 0 Å². The second kappa shape index (κ2) is 23.2. The molecule has 0 unspecified atom stereocenters. The van der Waals surface area contributed by atoms with Crippen LogP contribution < -0.4 is 22.2 Å². The van der Waals surface area contributed by atoms with Crippen molar-refractivity contribution in [2.45, 2.75) is 143 Å². The van der Waals surface area contributed by atoms with Crippen LogP contribution >= 0.6 is 0 Å². The van der Waals surface area contributed by atoms with Crippen LogP contribution in [0.15, 0.2) is 213 Å². The van der Waals surface area contributed by atoms with Gasteiger partial charge in [0.25, 0.3) is 22.2 Å². The van der Waals surface area contributed by atoms with Gasteiger partial charge in [-0.1, -0.05) is 275 Å². The van der Waals surface area contributed by atoms with Gasteiger partial charge in [0.15, 0.2) is 0 Å². The molecule has 0 saturated heterocycles. The first-order chi connectivity index (χ1) is 51.2. The van der Waals surface area contributed by atoms with E-state index in [0.717, 1.165) is 243 Å². The molecule has 6 nitrogen and oxygen atoms in total. The number of hydrogen-bond donors (Lipinski definition) is 0. The lowest BCUT2D eigenvalue weighted by Gasteiger charge is -2.28. The topological polar surface area (TPSA) is 78.1 Å². The molecule has 21 rings (SSSR count). The van der Waals surface area contributed by atoms with Gasteiger partial charge in [-0.05, 0) is 222 Å². The molecule has 0 fully saturated rings. The van der Waals surface area contributed by atoms with Crippen LogP contribution in [0.4, 0.5) is 0 Å². The van der Waals surface area contributed by atoms with Gasteiger partial charge in [0.05, 0.1) is 0 Å². The minimum absolute atomic E-state index is 0.230. The van der Waals surface area contributed by atoms with E-state index in [-0.39, 0.29) is 34.3 Å². The molecule has 0 bridgehead atoms. The summed E-state index contributed by atoms with van der Waals surface area (Å²) < 4.78 is 3.44. The van der Waals surface area contributed by atoms with Crippen molar-refractivity contribution in [2.75, 3.05) is 0 Å². The zero-order valence-electron chi connectivity index (χ0n) is 59.5. The van der Waals surface area contributed by atoms with Gasteiger partial charge in [-0.3, -0.25) is 28.3 Å². The average molecular weight is 1350 g/mol. The highest BCUT2D eigenvalue weighted by atomic mass is 16.2. The van der Waals surface area contributed by atoms with Gasteiger partial charge in [-0.15, -0.1) is 0 Å². The van der Waals surface area contributed by atoms with Crippen LogP contribution in [-0.2, 0) is 0 Å². The normalized spacial score (nSPS) is 13.0. The van der Waals surface area contributed by atoms with Crippen molar-refractivity contribution in [1.82, 2.24) is 9.13 Å². The number of pyridine rings is 2. The van der Waals surface area contributed by atoms with Crippen LogP contribution in [0, 0.1) is 0 Å². The fourth-order valence-corrected chi connectivity index (χ4v) is 20.6. The second-order valence-electron chi connectivity index (χ2n) is 30.9. The van der Waals surface area contributed by atoms with Crippen molar-refractivity contribution in [3.8, 4) is 0 Å². The van der Waals surface area contributed by atoms with Crippen molar-refractivity contribution in [2.24, 2.45) is 0 Å². The molecule has 0 aliphatic carbocycles. The van der Waals surface area contributed by atoms with E-state index < -0.39 is 0 Å². The van der Waals surface area contributed by atoms with E-state index in [2.05, 4.69) is 222 Å². The zero-order chi connectivity index (χ0) is 69.7. The summed E-state index contributed by atoms with van der Waals surface area (Å²) in [5.74, 6) is 0. The van der Waals surface area contributed by atoms with Crippen molar-refractivity contribution >= 4 is 215 Å². The Bertz CT molecular complexity index is 7070. The van der Waals surface area contributed by atoms with Gasteiger partial charge in [0.2, 0.25) is 0 Å². The van der Waals surface area contributed by atoms with Crippen molar-refractivity contribution in [3.05, 3.63) is 236 Å². The third-order valence-electron chi connectivity index (χ3n) is 25.2. The molecule has 0 saturated carbocycles. The molecule has 19 aromatic carbocycles. The van der Waals surface area contributed by atoms with Gasteiger partial charge < -0.3 is 0 Å². The largest absolute Gasteiger partial charge is 0.271 e. The highest BCUT2D eigenvalue weighted by Gasteiger charge is 2.34. The van der Waals surface area contributed by atoms with E-state index in [4.69, 9.17) is 0 Å². The maximum atomic E-state index is 16.9. The Kier molecular flexibility index (Phi) is 13.7. The lowest BCUT2D eigenvalue weighted by Crippen LogP contribution is -2.37. The summed E-state index contributed by atoms with van der Waals surface area (Å²) in [6.07, 6.45) is 14.8. The van der Waals surface area contributed by atoms with Crippen LogP contribution in [0.1, 0.15) is 143 Å². The molecule has 0 aliphatic heterocycles. The first kappa shape index (κ1) is 61.6. The van der Waals surface area contributed by atoms with Crippen LogP contribution in [0.25, 0.3) is 215 Å². The number of aromatic nitrogens is 2. The van der Waals surface area contributed by atoms with E-state index in [1.807, 2.05) is 0 Å². The fraction of sp³-hybridized carbons (Fsp3) is 0.224. The summed E-state index contributed by atoms with van der Waals surface area (Å²) in [6, 6.07) is 71.1. The number of rotatable bonds is 18. The third-order valence-corrected chi connectivity index (χ3v) is 25.2. The molecule has 21 aromatic rings. The predicted octanol–water partition coefficient (Wildman–Crippen LogP) is 26.4. The summed E-state index contributed by atoms with van der Waals surface area (Å²) in [4.78, 5) is 67.1. The van der Waals surface area contributed by atoms with E-state index in [1.54, 1.807) is 9.13 Å².